The Morgan fingerprint density at radius 2 is 2.04 bits per heavy atom. The largest absolute Gasteiger partial charge is 0.491 e. The monoisotopic (exact) mass is 382 g/mol. The summed E-state index contributed by atoms with van der Waals surface area (Å²) in [6.45, 7) is 1.20. The van der Waals surface area contributed by atoms with Gasteiger partial charge in [0.05, 0.1) is 54.2 Å². The highest BCUT2D eigenvalue weighted by molar-refractivity contribution is 6.39. The van der Waals surface area contributed by atoms with Crippen LogP contribution in [0.2, 0.25) is 10.0 Å². The predicted octanol–water partition coefficient (Wildman–Crippen LogP) is 3.39. The first-order valence-corrected chi connectivity index (χ1v) is 8.43. The number of hydrogen-bond donors (Lipinski definition) is 0. The van der Waals surface area contributed by atoms with E-state index in [9.17, 15) is 4.79 Å². The third-order valence-corrected chi connectivity index (χ3v) is 4.34. The minimum absolute atomic E-state index is 0.0327. The lowest BCUT2D eigenvalue weighted by atomic mass is 10.1. The molecule has 0 aromatic carbocycles. The van der Waals surface area contributed by atoms with E-state index in [1.165, 1.54) is 25.7 Å². The highest BCUT2D eigenvalue weighted by Gasteiger charge is 2.21. The molecule has 1 fully saturated rings. The summed E-state index contributed by atoms with van der Waals surface area (Å²) < 4.78 is 16.5. The number of pyridine rings is 2. The number of Topliss-reactive ketones (excluding diaryl/α,β-unsaturated/α-hetero) is 1. The Morgan fingerprint density at radius 3 is 2.68 bits per heavy atom. The molecule has 0 amide bonds. The first-order chi connectivity index (χ1) is 12.1. The van der Waals surface area contributed by atoms with Gasteiger partial charge >= 0.3 is 0 Å². The zero-order valence-electron chi connectivity index (χ0n) is 13.5. The highest BCUT2D eigenvalue weighted by atomic mass is 35.5. The lowest BCUT2D eigenvalue weighted by molar-refractivity contribution is 0.0992. The number of hydrogen-bond acceptors (Lipinski definition) is 6. The van der Waals surface area contributed by atoms with E-state index in [1.807, 2.05) is 0 Å². The maximum Gasteiger partial charge on any atom is 0.179 e. The summed E-state index contributed by atoms with van der Waals surface area (Å²) in [4.78, 5) is 20.6. The molecule has 2 aromatic heterocycles. The summed E-state index contributed by atoms with van der Waals surface area (Å²) in [5, 5.41) is 0.427. The van der Waals surface area contributed by atoms with Crippen molar-refractivity contribution in [1.29, 1.82) is 0 Å². The van der Waals surface area contributed by atoms with Gasteiger partial charge < -0.3 is 14.2 Å². The van der Waals surface area contributed by atoms with Crippen LogP contribution in [0.1, 0.15) is 22.5 Å². The number of carbonyl (C=O) groups is 1. The molecule has 0 saturated carbocycles. The molecule has 0 bridgehead atoms. The molecule has 0 radical (unpaired) electrons. The van der Waals surface area contributed by atoms with Crippen LogP contribution in [0, 0.1) is 0 Å². The van der Waals surface area contributed by atoms with Gasteiger partial charge in [-0.2, -0.15) is 0 Å². The van der Waals surface area contributed by atoms with Gasteiger partial charge in [0.25, 0.3) is 0 Å². The van der Waals surface area contributed by atoms with Crippen LogP contribution in [0.3, 0.4) is 0 Å². The number of ether oxygens (including phenoxy) is 3. The first kappa shape index (κ1) is 17.9. The van der Waals surface area contributed by atoms with Crippen molar-refractivity contribution in [2.75, 3.05) is 20.3 Å². The van der Waals surface area contributed by atoms with E-state index in [0.29, 0.717) is 30.4 Å². The Labute approximate surface area is 155 Å². The molecule has 1 aliphatic rings. The molecule has 0 N–H and O–H groups in total. The minimum atomic E-state index is -0.245. The Hall–Kier alpha value is -1.89. The van der Waals surface area contributed by atoms with Crippen molar-refractivity contribution in [3.8, 4) is 11.5 Å². The van der Waals surface area contributed by atoms with Crippen molar-refractivity contribution in [1.82, 2.24) is 9.97 Å². The minimum Gasteiger partial charge on any atom is -0.491 e. The zero-order chi connectivity index (χ0) is 17.8. The highest BCUT2D eigenvalue weighted by Crippen LogP contribution is 2.30. The second-order valence-electron chi connectivity index (χ2n) is 5.51. The Balaban J connectivity index is 1.81. The molecule has 3 heterocycles. The van der Waals surface area contributed by atoms with E-state index in [2.05, 4.69) is 9.97 Å². The molecular formula is C17H16Cl2N2O4. The van der Waals surface area contributed by atoms with Crippen LogP contribution in [0.4, 0.5) is 0 Å². The molecule has 132 valence electrons. The third kappa shape index (κ3) is 4.21. The number of methoxy groups -OCH3 is 1. The Bertz CT molecular complexity index is 759. The molecule has 6 nitrogen and oxygen atoms in total. The molecule has 2 aromatic rings. The first-order valence-electron chi connectivity index (χ1n) is 7.68. The quantitative estimate of drug-likeness (QED) is 0.713. The van der Waals surface area contributed by atoms with Gasteiger partial charge in [-0.1, -0.05) is 23.2 Å². The second-order valence-corrected chi connectivity index (χ2v) is 6.32. The zero-order valence-corrected chi connectivity index (χ0v) is 15.0. The van der Waals surface area contributed by atoms with Gasteiger partial charge in [-0.3, -0.25) is 14.8 Å². The number of nitrogens with zero attached hydrogens (tertiary/aromatic N) is 2. The number of rotatable bonds is 6. The fraction of sp³-hybridized carbons (Fsp3) is 0.353. The van der Waals surface area contributed by atoms with Crippen molar-refractivity contribution < 1.29 is 19.0 Å². The third-order valence-electron chi connectivity index (χ3n) is 3.76. The van der Waals surface area contributed by atoms with Crippen LogP contribution in [0.25, 0.3) is 0 Å². The van der Waals surface area contributed by atoms with Crippen molar-refractivity contribution in [2.45, 2.75) is 18.9 Å². The van der Waals surface area contributed by atoms with E-state index < -0.39 is 0 Å². The van der Waals surface area contributed by atoms with Gasteiger partial charge in [-0.05, 0) is 0 Å². The molecular weight excluding hydrogens is 367 g/mol. The lowest BCUT2D eigenvalue weighted by Crippen LogP contribution is -2.16. The number of carbonyl (C=O) groups excluding carboxylic acids is 1. The van der Waals surface area contributed by atoms with E-state index in [0.717, 1.165) is 6.42 Å². The van der Waals surface area contributed by atoms with Gasteiger partial charge in [0, 0.05) is 24.9 Å². The standard InChI is InChI=1S/C17H16Cl2N2O4/c1-23-16-8-21-10(5-15(16)25-11-2-3-24-9-11)4-14(22)17-12(18)6-20-7-13(17)19/h5-8,11H,2-4,9H2,1H3. The summed E-state index contributed by atoms with van der Waals surface area (Å²) in [7, 11) is 1.54. The molecule has 3 rings (SSSR count). The van der Waals surface area contributed by atoms with Crippen molar-refractivity contribution in [2.24, 2.45) is 0 Å². The average molecular weight is 383 g/mol. The van der Waals surface area contributed by atoms with Crippen LogP contribution >= 0.6 is 23.2 Å². The number of halogens is 2. The van der Waals surface area contributed by atoms with Crippen LogP contribution in [-0.4, -0.2) is 42.2 Å². The lowest BCUT2D eigenvalue weighted by Gasteiger charge is -2.15. The Kier molecular flexibility index (Phi) is 5.73. The van der Waals surface area contributed by atoms with E-state index in [-0.39, 0.29) is 33.9 Å². The molecule has 1 aliphatic heterocycles. The van der Waals surface area contributed by atoms with E-state index in [4.69, 9.17) is 37.4 Å². The summed E-state index contributed by atoms with van der Waals surface area (Å²) in [6.07, 6.45) is 5.10. The molecule has 0 aliphatic carbocycles. The summed E-state index contributed by atoms with van der Waals surface area (Å²) in [5.74, 6) is 0.788. The van der Waals surface area contributed by atoms with Gasteiger partial charge in [-0.25, -0.2) is 0 Å². The van der Waals surface area contributed by atoms with Crippen LogP contribution in [0.5, 0.6) is 11.5 Å². The second kappa shape index (κ2) is 7.99. The van der Waals surface area contributed by atoms with E-state index >= 15 is 0 Å². The fourth-order valence-electron chi connectivity index (χ4n) is 2.52. The van der Waals surface area contributed by atoms with Gasteiger partial charge in [0.1, 0.15) is 6.10 Å². The summed E-state index contributed by atoms with van der Waals surface area (Å²) in [6, 6.07) is 1.69. The Morgan fingerprint density at radius 1 is 1.28 bits per heavy atom. The summed E-state index contributed by atoms with van der Waals surface area (Å²) in [5.41, 5.74) is 0.770. The van der Waals surface area contributed by atoms with Crippen molar-refractivity contribution in [3.63, 3.8) is 0 Å². The van der Waals surface area contributed by atoms with Crippen molar-refractivity contribution >= 4 is 29.0 Å². The number of aromatic nitrogens is 2. The smallest absolute Gasteiger partial charge is 0.179 e. The van der Waals surface area contributed by atoms with Gasteiger partial charge in [-0.15, -0.1) is 0 Å². The molecule has 1 saturated heterocycles. The van der Waals surface area contributed by atoms with Gasteiger partial charge in [0.15, 0.2) is 17.3 Å². The topological polar surface area (TPSA) is 70.5 Å². The van der Waals surface area contributed by atoms with Crippen molar-refractivity contribution in [3.05, 3.63) is 46.0 Å². The summed E-state index contributed by atoms with van der Waals surface area (Å²) >= 11 is 12.1. The molecule has 25 heavy (non-hydrogen) atoms. The predicted molar refractivity (Wildman–Crippen MR) is 92.9 cm³/mol. The fourth-order valence-corrected chi connectivity index (χ4v) is 3.10. The van der Waals surface area contributed by atoms with Gasteiger partial charge in [0.2, 0.25) is 0 Å². The maximum atomic E-state index is 12.5. The molecule has 1 unspecified atom stereocenters. The normalized spacial score (nSPS) is 16.7. The molecule has 8 heteroatoms. The average Bonchev–Trinajstić information content (AvgIpc) is 3.08. The number of ketones is 1. The molecule has 1 atom stereocenters. The van der Waals surface area contributed by atoms with Crippen LogP contribution < -0.4 is 9.47 Å². The SMILES string of the molecule is COc1cnc(CC(=O)c2c(Cl)cncc2Cl)cc1OC1CCOC1. The van der Waals surface area contributed by atoms with E-state index in [1.54, 1.807) is 6.07 Å². The van der Waals surface area contributed by atoms with Crippen LogP contribution in [-0.2, 0) is 11.2 Å². The van der Waals surface area contributed by atoms with Crippen LogP contribution in [0.15, 0.2) is 24.7 Å². The maximum absolute atomic E-state index is 12.5. The molecule has 0 spiro atoms.